The van der Waals surface area contributed by atoms with E-state index in [2.05, 4.69) is 10.3 Å². The van der Waals surface area contributed by atoms with Crippen molar-refractivity contribution < 1.29 is 19.1 Å². The lowest BCUT2D eigenvalue weighted by Crippen LogP contribution is -2.43. The molecule has 0 aliphatic carbocycles. The molecule has 0 fully saturated rings. The zero-order chi connectivity index (χ0) is 15.9. The number of nitrogens with zero attached hydrogens (tertiary/aromatic N) is 1. The SMILES string of the molecule is COC(=O)[C@H](CC(C)(C)C)NC(=O)OCc1ccccn1. The van der Waals surface area contributed by atoms with E-state index in [1.807, 2.05) is 20.8 Å². The summed E-state index contributed by atoms with van der Waals surface area (Å²) in [7, 11) is 1.29. The Kier molecular flexibility index (Phi) is 6.14. The van der Waals surface area contributed by atoms with Crippen molar-refractivity contribution in [3.8, 4) is 0 Å². The predicted molar refractivity (Wildman–Crippen MR) is 77.4 cm³/mol. The average molecular weight is 294 g/mol. The first-order valence-electron chi connectivity index (χ1n) is 6.73. The molecule has 0 saturated heterocycles. The van der Waals surface area contributed by atoms with Crippen LogP contribution < -0.4 is 5.32 Å². The van der Waals surface area contributed by atoms with Gasteiger partial charge >= 0.3 is 12.1 Å². The van der Waals surface area contributed by atoms with Crippen molar-refractivity contribution in [2.75, 3.05) is 7.11 Å². The number of carbonyl (C=O) groups is 2. The number of amides is 1. The number of rotatable bonds is 5. The van der Waals surface area contributed by atoms with E-state index in [9.17, 15) is 9.59 Å². The minimum atomic E-state index is -0.730. The third-order valence-electron chi connectivity index (χ3n) is 2.67. The number of hydrogen-bond donors (Lipinski definition) is 1. The number of esters is 1. The molecule has 6 heteroatoms. The van der Waals surface area contributed by atoms with E-state index >= 15 is 0 Å². The lowest BCUT2D eigenvalue weighted by Gasteiger charge is -2.24. The fourth-order valence-electron chi connectivity index (χ4n) is 1.75. The highest BCUT2D eigenvalue weighted by molar-refractivity contribution is 5.81. The highest BCUT2D eigenvalue weighted by atomic mass is 16.6. The third-order valence-corrected chi connectivity index (χ3v) is 2.67. The molecule has 1 aromatic heterocycles. The molecule has 1 rings (SSSR count). The van der Waals surface area contributed by atoms with Gasteiger partial charge in [-0.05, 0) is 24.0 Å². The van der Waals surface area contributed by atoms with Crippen LogP contribution >= 0.6 is 0 Å². The van der Waals surface area contributed by atoms with Crippen molar-refractivity contribution >= 4 is 12.1 Å². The maximum Gasteiger partial charge on any atom is 0.408 e. The summed E-state index contributed by atoms with van der Waals surface area (Å²) >= 11 is 0. The first kappa shape index (κ1) is 16.9. The maximum absolute atomic E-state index is 11.8. The second-order valence-corrected chi connectivity index (χ2v) is 5.88. The van der Waals surface area contributed by atoms with Crippen LogP contribution in [0.3, 0.4) is 0 Å². The number of methoxy groups -OCH3 is 1. The van der Waals surface area contributed by atoms with Gasteiger partial charge in [0.15, 0.2) is 0 Å². The molecule has 0 unspecified atom stereocenters. The average Bonchev–Trinajstić information content (AvgIpc) is 2.43. The van der Waals surface area contributed by atoms with Crippen molar-refractivity contribution in [3.63, 3.8) is 0 Å². The Morgan fingerprint density at radius 2 is 2.05 bits per heavy atom. The fraction of sp³-hybridized carbons (Fsp3) is 0.533. The second kappa shape index (κ2) is 7.61. The number of pyridine rings is 1. The van der Waals surface area contributed by atoms with Gasteiger partial charge in [-0.1, -0.05) is 26.8 Å². The molecule has 1 N–H and O–H groups in total. The molecule has 116 valence electrons. The van der Waals surface area contributed by atoms with E-state index in [0.29, 0.717) is 12.1 Å². The fourth-order valence-corrected chi connectivity index (χ4v) is 1.75. The van der Waals surface area contributed by atoms with Crippen LogP contribution in [0.15, 0.2) is 24.4 Å². The van der Waals surface area contributed by atoms with Gasteiger partial charge in [0, 0.05) is 6.20 Å². The van der Waals surface area contributed by atoms with Gasteiger partial charge in [0.2, 0.25) is 0 Å². The van der Waals surface area contributed by atoms with Gasteiger partial charge in [0.1, 0.15) is 12.6 Å². The van der Waals surface area contributed by atoms with Crippen LogP contribution in [-0.2, 0) is 20.9 Å². The summed E-state index contributed by atoms with van der Waals surface area (Å²) in [6, 6.07) is 4.60. The molecule has 6 nitrogen and oxygen atoms in total. The van der Waals surface area contributed by atoms with Crippen LogP contribution in [0.2, 0.25) is 0 Å². The molecule has 0 radical (unpaired) electrons. The van der Waals surface area contributed by atoms with Crippen molar-refractivity contribution in [2.45, 2.75) is 39.8 Å². The Balaban J connectivity index is 2.54. The molecule has 0 saturated carbocycles. The Labute approximate surface area is 124 Å². The second-order valence-electron chi connectivity index (χ2n) is 5.88. The Morgan fingerprint density at radius 1 is 1.33 bits per heavy atom. The van der Waals surface area contributed by atoms with E-state index in [-0.39, 0.29) is 12.0 Å². The van der Waals surface area contributed by atoms with Crippen LogP contribution in [0.1, 0.15) is 32.9 Å². The van der Waals surface area contributed by atoms with Crippen molar-refractivity contribution in [2.24, 2.45) is 5.41 Å². The number of nitrogens with one attached hydrogen (secondary N) is 1. The van der Waals surface area contributed by atoms with Crippen LogP contribution in [0, 0.1) is 5.41 Å². The molecular weight excluding hydrogens is 272 g/mol. The van der Waals surface area contributed by atoms with E-state index in [1.165, 1.54) is 7.11 Å². The van der Waals surface area contributed by atoms with Crippen molar-refractivity contribution in [3.05, 3.63) is 30.1 Å². The molecule has 21 heavy (non-hydrogen) atoms. The van der Waals surface area contributed by atoms with Gasteiger partial charge in [0.05, 0.1) is 12.8 Å². The molecular formula is C15H22N2O4. The molecule has 1 atom stereocenters. The highest BCUT2D eigenvalue weighted by Gasteiger charge is 2.27. The number of ether oxygens (including phenoxy) is 2. The van der Waals surface area contributed by atoms with Gasteiger partial charge in [-0.2, -0.15) is 0 Å². The van der Waals surface area contributed by atoms with Gasteiger partial charge in [-0.3, -0.25) is 4.98 Å². The molecule has 0 aromatic carbocycles. The van der Waals surface area contributed by atoms with Gasteiger partial charge < -0.3 is 14.8 Å². The Bertz CT molecular complexity index is 468. The lowest BCUT2D eigenvalue weighted by molar-refractivity contribution is -0.143. The Hall–Kier alpha value is -2.11. The lowest BCUT2D eigenvalue weighted by atomic mass is 9.88. The number of aromatic nitrogens is 1. The highest BCUT2D eigenvalue weighted by Crippen LogP contribution is 2.21. The van der Waals surface area contributed by atoms with E-state index in [0.717, 1.165) is 0 Å². The van der Waals surface area contributed by atoms with Crippen molar-refractivity contribution in [1.29, 1.82) is 0 Å². The summed E-state index contributed by atoms with van der Waals surface area (Å²) in [6.45, 7) is 5.98. The van der Waals surface area contributed by atoms with Gasteiger partial charge in [-0.15, -0.1) is 0 Å². The number of alkyl carbamates (subject to hydrolysis) is 1. The quantitative estimate of drug-likeness (QED) is 0.843. The molecule has 0 aliphatic rings. The summed E-state index contributed by atoms with van der Waals surface area (Å²) in [6.07, 6.45) is 1.41. The summed E-state index contributed by atoms with van der Waals surface area (Å²) < 4.78 is 9.75. The summed E-state index contributed by atoms with van der Waals surface area (Å²) in [4.78, 5) is 27.5. The molecule has 0 bridgehead atoms. The van der Waals surface area contributed by atoms with Crippen LogP contribution in [0.25, 0.3) is 0 Å². The van der Waals surface area contributed by atoms with Crippen LogP contribution in [-0.4, -0.2) is 30.2 Å². The van der Waals surface area contributed by atoms with E-state index < -0.39 is 18.1 Å². The van der Waals surface area contributed by atoms with E-state index in [1.54, 1.807) is 24.4 Å². The summed E-state index contributed by atoms with van der Waals surface area (Å²) in [5, 5.41) is 2.53. The first-order valence-corrected chi connectivity index (χ1v) is 6.73. The van der Waals surface area contributed by atoms with Gasteiger partial charge in [-0.25, -0.2) is 9.59 Å². The zero-order valence-corrected chi connectivity index (χ0v) is 12.9. The molecule has 1 heterocycles. The standard InChI is InChI=1S/C15H22N2O4/c1-15(2,3)9-12(13(18)20-4)17-14(19)21-10-11-7-5-6-8-16-11/h5-8,12H,9-10H2,1-4H3,(H,17,19)/t12-/m0/s1. The first-order chi connectivity index (χ1) is 9.81. The molecule has 1 aromatic rings. The van der Waals surface area contributed by atoms with Crippen LogP contribution in [0.4, 0.5) is 4.79 Å². The molecule has 1 amide bonds. The largest absolute Gasteiger partial charge is 0.467 e. The number of hydrogen-bond acceptors (Lipinski definition) is 5. The van der Waals surface area contributed by atoms with E-state index in [4.69, 9.17) is 9.47 Å². The minimum absolute atomic E-state index is 0.0517. The van der Waals surface area contributed by atoms with Crippen LogP contribution in [0.5, 0.6) is 0 Å². The zero-order valence-electron chi connectivity index (χ0n) is 12.9. The topological polar surface area (TPSA) is 77.5 Å². The summed E-state index contributed by atoms with van der Waals surface area (Å²) in [5.74, 6) is -0.486. The van der Waals surface area contributed by atoms with Crippen molar-refractivity contribution in [1.82, 2.24) is 10.3 Å². The predicted octanol–water partition coefficient (Wildman–Crippen LogP) is 2.29. The summed E-state index contributed by atoms with van der Waals surface area (Å²) in [5.41, 5.74) is 0.505. The third kappa shape index (κ3) is 6.74. The molecule has 0 spiro atoms. The monoisotopic (exact) mass is 294 g/mol. The minimum Gasteiger partial charge on any atom is -0.467 e. The normalized spacial score (nSPS) is 12.4. The Morgan fingerprint density at radius 3 is 2.57 bits per heavy atom. The smallest absolute Gasteiger partial charge is 0.408 e. The number of carbonyl (C=O) groups excluding carboxylic acids is 2. The maximum atomic E-state index is 11.8. The molecule has 0 aliphatic heterocycles. The van der Waals surface area contributed by atoms with Gasteiger partial charge in [0.25, 0.3) is 0 Å².